The number of piperidine rings is 1. The van der Waals surface area contributed by atoms with Gasteiger partial charge in [0.25, 0.3) is 0 Å². The van der Waals surface area contributed by atoms with Crippen LogP contribution in [-0.2, 0) is 14.4 Å². The van der Waals surface area contributed by atoms with E-state index >= 15 is 4.39 Å². The van der Waals surface area contributed by atoms with Crippen molar-refractivity contribution in [2.24, 2.45) is 5.92 Å². The predicted octanol–water partition coefficient (Wildman–Crippen LogP) is 6.08. The second-order valence-corrected chi connectivity index (χ2v) is 16.2. The Morgan fingerprint density at radius 3 is 2.33 bits per heavy atom. The van der Waals surface area contributed by atoms with Gasteiger partial charge in [-0.15, -0.1) is 0 Å². The minimum atomic E-state index is -0.555. The van der Waals surface area contributed by atoms with Gasteiger partial charge < -0.3 is 20.4 Å². The number of anilines is 3. The van der Waals surface area contributed by atoms with Crippen molar-refractivity contribution in [3.63, 3.8) is 0 Å². The van der Waals surface area contributed by atoms with Gasteiger partial charge in [-0.1, -0.05) is 18.2 Å². The van der Waals surface area contributed by atoms with E-state index in [4.69, 9.17) is 0 Å². The van der Waals surface area contributed by atoms with Crippen LogP contribution in [0.15, 0.2) is 48.7 Å². The van der Waals surface area contributed by atoms with Crippen LogP contribution in [0.1, 0.15) is 88.5 Å². The van der Waals surface area contributed by atoms with Crippen molar-refractivity contribution in [2.75, 3.05) is 48.8 Å². The number of rotatable bonds is 10. The fourth-order valence-corrected chi connectivity index (χ4v) is 9.16. The lowest BCUT2D eigenvalue weighted by Gasteiger charge is -2.43. The van der Waals surface area contributed by atoms with Gasteiger partial charge in [0.15, 0.2) is 5.82 Å². The number of piperazine rings is 1. The molecule has 3 amide bonds. The largest absolute Gasteiger partial charge is 0.374 e. The van der Waals surface area contributed by atoms with Gasteiger partial charge in [-0.05, 0) is 106 Å². The van der Waals surface area contributed by atoms with E-state index in [2.05, 4.69) is 47.9 Å². The quantitative estimate of drug-likeness (QED) is 0.212. The molecule has 1 unspecified atom stereocenters. The van der Waals surface area contributed by atoms with E-state index in [1.54, 1.807) is 12.1 Å². The van der Waals surface area contributed by atoms with Gasteiger partial charge in [-0.25, -0.2) is 18.7 Å². The first-order valence-corrected chi connectivity index (χ1v) is 20.2. The highest BCUT2D eigenvalue weighted by atomic mass is 19.1. The van der Waals surface area contributed by atoms with Gasteiger partial charge in [-0.3, -0.25) is 24.6 Å². The molecular formula is C42H52F2N8O3. The number of carbonyl (C=O) groups excluding carboxylic acids is 3. The Morgan fingerprint density at radius 2 is 1.62 bits per heavy atom. The molecular weight excluding hydrogens is 703 g/mol. The average Bonchev–Trinajstić information content (AvgIpc) is 4.06. The lowest BCUT2D eigenvalue weighted by atomic mass is 9.83. The number of imide groups is 1. The molecule has 11 nitrogen and oxygen atoms in total. The van der Waals surface area contributed by atoms with Crippen LogP contribution in [0.5, 0.6) is 0 Å². The third-order valence-electron chi connectivity index (χ3n) is 12.6. The van der Waals surface area contributed by atoms with Gasteiger partial charge in [0, 0.05) is 74.9 Å². The minimum Gasteiger partial charge on any atom is -0.374 e. The number of benzene rings is 2. The van der Waals surface area contributed by atoms with Crippen LogP contribution in [0.3, 0.4) is 0 Å². The van der Waals surface area contributed by atoms with Crippen LogP contribution >= 0.6 is 0 Å². The summed E-state index contributed by atoms with van der Waals surface area (Å²) in [5.41, 5.74) is 3.43. The second kappa shape index (κ2) is 16.2. The molecule has 8 rings (SSSR count). The molecule has 3 saturated carbocycles. The number of halogens is 2. The van der Waals surface area contributed by atoms with E-state index < -0.39 is 11.9 Å². The smallest absolute Gasteiger partial charge is 0.249 e. The first kappa shape index (κ1) is 37.3. The summed E-state index contributed by atoms with van der Waals surface area (Å²) in [6, 6.07) is 13.3. The first-order chi connectivity index (χ1) is 26.7. The Bertz CT molecular complexity index is 1880. The molecule has 55 heavy (non-hydrogen) atoms. The summed E-state index contributed by atoms with van der Waals surface area (Å²) in [5.74, 6) is -0.0853. The van der Waals surface area contributed by atoms with Crippen LogP contribution in [0, 0.1) is 17.6 Å². The van der Waals surface area contributed by atoms with Gasteiger partial charge in [0.2, 0.25) is 23.7 Å². The molecule has 2 aliphatic heterocycles. The highest BCUT2D eigenvalue weighted by molar-refractivity contribution is 6.01. The predicted molar refractivity (Wildman–Crippen MR) is 208 cm³/mol. The Kier molecular flexibility index (Phi) is 11.0. The van der Waals surface area contributed by atoms with Crippen molar-refractivity contribution in [1.29, 1.82) is 0 Å². The summed E-state index contributed by atoms with van der Waals surface area (Å²) in [7, 11) is 1.97. The van der Waals surface area contributed by atoms with Crippen molar-refractivity contribution in [3.05, 3.63) is 65.9 Å². The molecule has 0 radical (unpaired) electrons. The van der Waals surface area contributed by atoms with Crippen molar-refractivity contribution >= 4 is 35.0 Å². The third-order valence-corrected chi connectivity index (χ3v) is 12.6. The molecule has 2 aromatic carbocycles. The molecule has 2 saturated heterocycles. The number of nitrogens with zero attached hydrogens (tertiary/aromatic N) is 5. The molecule has 5 fully saturated rings. The summed E-state index contributed by atoms with van der Waals surface area (Å²) in [6.45, 7) is 3.12. The lowest BCUT2D eigenvalue weighted by Crippen LogP contribution is -2.52. The maximum Gasteiger partial charge on any atom is 0.249 e. The van der Waals surface area contributed by atoms with Crippen LogP contribution < -0.4 is 20.9 Å². The van der Waals surface area contributed by atoms with E-state index in [1.807, 2.05) is 24.1 Å². The Balaban J connectivity index is 0.764. The van der Waals surface area contributed by atoms with Crippen LogP contribution in [0.2, 0.25) is 0 Å². The van der Waals surface area contributed by atoms with E-state index in [1.165, 1.54) is 30.7 Å². The molecule has 1 aromatic heterocycles. The molecule has 3 aromatic rings. The molecule has 0 bridgehead atoms. The van der Waals surface area contributed by atoms with Gasteiger partial charge in [0.1, 0.15) is 17.6 Å². The van der Waals surface area contributed by atoms with Gasteiger partial charge in [0.05, 0.1) is 11.9 Å². The van der Waals surface area contributed by atoms with E-state index in [-0.39, 0.29) is 48.0 Å². The van der Waals surface area contributed by atoms with Crippen molar-refractivity contribution < 1.29 is 23.2 Å². The summed E-state index contributed by atoms with van der Waals surface area (Å²) in [4.78, 5) is 52.6. The van der Waals surface area contributed by atoms with Crippen molar-refractivity contribution in [3.8, 4) is 11.3 Å². The maximum absolute atomic E-state index is 15.2. The lowest BCUT2D eigenvalue weighted by molar-refractivity contribution is -0.138. The second-order valence-electron chi connectivity index (χ2n) is 16.2. The zero-order valence-electron chi connectivity index (χ0n) is 31.6. The van der Waals surface area contributed by atoms with E-state index in [0.717, 1.165) is 83.1 Å². The Morgan fingerprint density at radius 1 is 0.855 bits per heavy atom. The zero-order chi connectivity index (χ0) is 38.1. The van der Waals surface area contributed by atoms with Crippen LogP contribution in [-0.4, -0.2) is 94.9 Å². The highest BCUT2D eigenvalue weighted by Crippen LogP contribution is 2.41. The molecule has 1 atom stereocenters. The Labute approximate surface area is 321 Å². The van der Waals surface area contributed by atoms with Crippen molar-refractivity contribution in [2.45, 2.75) is 107 Å². The third kappa shape index (κ3) is 8.61. The molecule has 5 aliphatic rings. The summed E-state index contributed by atoms with van der Waals surface area (Å²) in [6.07, 6.45) is 11.6. The number of hydrogen-bond donors (Lipinski definition) is 3. The van der Waals surface area contributed by atoms with Crippen LogP contribution in [0.4, 0.5) is 26.1 Å². The normalized spacial score (nSPS) is 26.3. The molecule has 3 heterocycles. The van der Waals surface area contributed by atoms with E-state index in [9.17, 15) is 18.8 Å². The van der Waals surface area contributed by atoms with Gasteiger partial charge >= 0.3 is 0 Å². The summed E-state index contributed by atoms with van der Waals surface area (Å²) >= 11 is 0. The zero-order valence-corrected chi connectivity index (χ0v) is 31.6. The highest BCUT2D eigenvalue weighted by Gasteiger charge is 2.35. The molecule has 0 spiro atoms. The molecule has 292 valence electrons. The SMILES string of the molecule is CN(C(=O)C1CCC(N2CCN(c3ccc(NC4CCC(=O)NC4=O)cc3F)CC2)CC1)C1CCC(Nc2ncc(F)c(-c3cccc(C4CC4)c3)n2)CC1. The van der Waals surface area contributed by atoms with E-state index in [0.29, 0.717) is 41.4 Å². The number of hydrogen-bond acceptors (Lipinski definition) is 9. The fraction of sp³-hybridized carbons (Fsp3) is 0.548. The molecule has 13 heteroatoms. The number of nitrogens with one attached hydrogen (secondary N) is 3. The Hall–Kier alpha value is -4.65. The van der Waals surface area contributed by atoms with Gasteiger partial charge in [-0.2, -0.15) is 0 Å². The summed E-state index contributed by atoms with van der Waals surface area (Å²) in [5, 5.41) is 8.83. The first-order valence-electron chi connectivity index (χ1n) is 20.2. The number of amides is 3. The molecule has 3 aliphatic carbocycles. The number of carbonyl (C=O) groups is 3. The maximum atomic E-state index is 15.2. The topological polar surface area (TPSA) is 123 Å². The van der Waals surface area contributed by atoms with Crippen molar-refractivity contribution in [1.82, 2.24) is 25.1 Å². The summed E-state index contributed by atoms with van der Waals surface area (Å²) < 4.78 is 30.0. The minimum absolute atomic E-state index is 0.0456. The number of aromatic nitrogens is 2. The van der Waals surface area contributed by atoms with Crippen LogP contribution in [0.25, 0.3) is 11.3 Å². The fourth-order valence-electron chi connectivity index (χ4n) is 9.16. The monoisotopic (exact) mass is 754 g/mol. The molecule has 3 N–H and O–H groups in total. The standard InChI is InChI=1S/C42H52F2N8O3/c1-50(32-14-9-30(10-15-32)47-42-45-25-35(44)39(49-42)29-4-2-3-28(23-29)26-5-6-26)41(55)27-7-12-33(13-8-27)51-19-21-52(22-20-51)37-17-11-31(24-34(37)43)46-36-16-18-38(53)48-40(36)54/h2-4,11,17,23-27,30,32-33,36,46H,5-10,12-16,18-22H2,1H3,(H,45,47,49)(H,48,53,54). The average molecular weight is 755 g/mol.